The Balaban J connectivity index is 1.56. The van der Waals surface area contributed by atoms with E-state index >= 15 is 0 Å². The van der Waals surface area contributed by atoms with Crippen molar-refractivity contribution in [2.75, 3.05) is 11.9 Å². The number of nitrogens with zero attached hydrogens (tertiary/aromatic N) is 1. The first-order valence-corrected chi connectivity index (χ1v) is 8.48. The molecule has 1 N–H and O–H groups in total. The van der Waals surface area contributed by atoms with Crippen LogP contribution in [-0.4, -0.2) is 23.5 Å². The molecular weight excluding hydrogens is 385 g/mol. The number of benzene rings is 2. The van der Waals surface area contributed by atoms with Gasteiger partial charge in [-0.25, -0.2) is 4.79 Å². The SMILES string of the molecule is O=C(COC(=O)/C=C/c1cccc2cccnc12)Nc1cccc(C(F)(F)F)c1. The van der Waals surface area contributed by atoms with E-state index in [0.29, 0.717) is 11.1 Å². The van der Waals surface area contributed by atoms with Gasteiger partial charge in [-0.15, -0.1) is 0 Å². The standard InChI is InChI=1S/C21H15F3N2O3/c22-21(23,24)16-7-2-8-17(12-16)26-18(27)13-29-19(28)10-9-15-5-1-4-14-6-3-11-25-20(14)15/h1-12H,13H2,(H,26,27)/b10-9+. The summed E-state index contributed by atoms with van der Waals surface area (Å²) in [5.74, 6) is -1.52. The molecule has 0 unspecified atom stereocenters. The van der Waals surface area contributed by atoms with Gasteiger partial charge in [0.1, 0.15) is 0 Å². The maximum absolute atomic E-state index is 12.7. The Morgan fingerprint density at radius 1 is 1.07 bits per heavy atom. The number of carbonyl (C=O) groups is 2. The molecule has 0 fully saturated rings. The van der Waals surface area contributed by atoms with Gasteiger partial charge in [-0.3, -0.25) is 9.78 Å². The lowest BCUT2D eigenvalue weighted by Crippen LogP contribution is -2.20. The minimum Gasteiger partial charge on any atom is -0.452 e. The Morgan fingerprint density at radius 3 is 2.62 bits per heavy atom. The van der Waals surface area contributed by atoms with Crippen LogP contribution in [0.2, 0.25) is 0 Å². The number of alkyl halides is 3. The van der Waals surface area contributed by atoms with Crippen LogP contribution >= 0.6 is 0 Å². The summed E-state index contributed by atoms with van der Waals surface area (Å²) in [5, 5.41) is 3.16. The van der Waals surface area contributed by atoms with Gasteiger partial charge in [-0.05, 0) is 30.3 Å². The smallest absolute Gasteiger partial charge is 0.416 e. The van der Waals surface area contributed by atoms with Gasteiger partial charge in [0.25, 0.3) is 5.91 Å². The molecule has 148 valence electrons. The molecule has 0 bridgehead atoms. The zero-order valence-electron chi connectivity index (χ0n) is 14.9. The monoisotopic (exact) mass is 400 g/mol. The summed E-state index contributed by atoms with van der Waals surface area (Å²) >= 11 is 0. The molecule has 0 aliphatic carbocycles. The molecular formula is C21H15F3N2O3. The minimum atomic E-state index is -4.52. The van der Waals surface area contributed by atoms with Gasteiger partial charge in [0.2, 0.25) is 0 Å². The summed E-state index contributed by atoms with van der Waals surface area (Å²) in [6, 6.07) is 13.3. The van der Waals surface area contributed by atoms with Gasteiger partial charge in [-0.1, -0.05) is 30.3 Å². The van der Waals surface area contributed by atoms with Gasteiger partial charge >= 0.3 is 12.1 Å². The Kier molecular flexibility index (Phi) is 5.92. The van der Waals surface area contributed by atoms with E-state index < -0.39 is 30.2 Å². The lowest BCUT2D eigenvalue weighted by atomic mass is 10.1. The van der Waals surface area contributed by atoms with Crippen LogP contribution in [-0.2, 0) is 20.5 Å². The third-order valence-corrected chi connectivity index (χ3v) is 3.88. The number of hydrogen-bond acceptors (Lipinski definition) is 4. The van der Waals surface area contributed by atoms with E-state index in [1.807, 2.05) is 18.2 Å². The van der Waals surface area contributed by atoms with Crippen LogP contribution in [0.15, 0.2) is 66.9 Å². The molecule has 2 aromatic carbocycles. The fraction of sp³-hybridized carbons (Fsp3) is 0.0952. The van der Waals surface area contributed by atoms with Crippen LogP contribution in [0, 0.1) is 0 Å². The van der Waals surface area contributed by atoms with E-state index in [1.54, 1.807) is 18.3 Å². The van der Waals surface area contributed by atoms with Crippen LogP contribution in [0.4, 0.5) is 18.9 Å². The van der Waals surface area contributed by atoms with Crippen LogP contribution in [0.1, 0.15) is 11.1 Å². The van der Waals surface area contributed by atoms with Gasteiger partial charge in [0.15, 0.2) is 6.61 Å². The molecule has 0 atom stereocenters. The van der Waals surface area contributed by atoms with Crippen molar-refractivity contribution in [1.29, 1.82) is 0 Å². The van der Waals surface area contributed by atoms with E-state index in [9.17, 15) is 22.8 Å². The van der Waals surface area contributed by atoms with Crippen molar-refractivity contribution in [1.82, 2.24) is 4.98 Å². The number of hydrogen-bond donors (Lipinski definition) is 1. The number of pyridine rings is 1. The number of anilines is 1. The van der Waals surface area contributed by atoms with Crippen molar-refractivity contribution in [3.63, 3.8) is 0 Å². The Hall–Kier alpha value is -3.68. The summed E-state index contributed by atoms with van der Waals surface area (Å²) in [6.45, 7) is -0.632. The highest BCUT2D eigenvalue weighted by Crippen LogP contribution is 2.30. The molecule has 5 nitrogen and oxygen atoms in total. The number of esters is 1. The largest absolute Gasteiger partial charge is 0.452 e. The van der Waals surface area contributed by atoms with E-state index in [-0.39, 0.29) is 5.69 Å². The fourth-order valence-electron chi connectivity index (χ4n) is 2.58. The summed E-state index contributed by atoms with van der Waals surface area (Å²) in [6.07, 6.45) is -0.214. The lowest BCUT2D eigenvalue weighted by molar-refractivity contribution is -0.142. The fourth-order valence-corrected chi connectivity index (χ4v) is 2.58. The van der Waals surface area contributed by atoms with Crippen molar-refractivity contribution >= 4 is 34.5 Å². The molecule has 29 heavy (non-hydrogen) atoms. The summed E-state index contributed by atoms with van der Waals surface area (Å²) in [7, 11) is 0. The van der Waals surface area contributed by atoms with Gasteiger partial charge in [0, 0.05) is 28.9 Å². The molecule has 0 aliphatic heterocycles. The second-order valence-corrected chi connectivity index (χ2v) is 5.99. The molecule has 0 aliphatic rings. The number of amides is 1. The second-order valence-electron chi connectivity index (χ2n) is 5.99. The minimum absolute atomic E-state index is 0.0433. The number of para-hydroxylation sites is 1. The molecule has 0 spiro atoms. The quantitative estimate of drug-likeness (QED) is 0.508. The Bertz CT molecular complexity index is 1070. The molecule has 8 heteroatoms. The van der Waals surface area contributed by atoms with E-state index in [0.717, 1.165) is 23.6 Å². The van der Waals surface area contributed by atoms with Crippen LogP contribution in [0.25, 0.3) is 17.0 Å². The molecule has 0 radical (unpaired) electrons. The highest BCUT2D eigenvalue weighted by atomic mass is 19.4. The normalized spacial score (nSPS) is 11.6. The van der Waals surface area contributed by atoms with Crippen molar-refractivity contribution in [3.8, 4) is 0 Å². The van der Waals surface area contributed by atoms with Crippen LogP contribution in [0.5, 0.6) is 0 Å². The topological polar surface area (TPSA) is 68.3 Å². The van der Waals surface area contributed by atoms with E-state index in [1.165, 1.54) is 18.2 Å². The number of halogens is 3. The number of fused-ring (bicyclic) bond motifs is 1. The van der Waals surface area contributed by atoms with Gasteiger partial charge < -0.3 is 10.1 Å². The number of rotatable bonds is 5. The molecule has 1 amide bonds. The number of aromatic nitrogens is 1. The third kappa shape index (κ3) is 5.41. The number of ether oxygens (including phenoxy) is 1. The first-order valence-electron chi connectivity index (χ1n) is 8.48. The van der Waals surface area contributed by atoms with Crippen molar-refractivity contribution < 1.29 is 27.5 Å². The average Bonchev–Trinajstić information content (AvgIpc) is 2.70. The molecule has 1 heterocycles. The average molecular weight is 400 g/mol. The maximum Gasteiger partial charge on any atom is 0.416 e. The number of carbonyl (C=O) groups excluding carboxylic acids is 2. The predicted molar refractivity (Wildman–Crippen MR) is 102 cm³/mol. The van der Waals surface area contributed by atoms with E-state index in [2.05, 4.69) is 10.3 Å². The molecule has 3 aromatic rings. The van der Waals surface area contributed by atoms with Gasteiger partial charge in [0.05, 0.1) is 11.1 Å². The third-order valence-electron chi connectivity index (χ3n) is 3.88. The molecule has 1 aromatic heterocycles. The molecule has 0 saturated heterocycles. The zero-order chi connectivity index (χ0) is 20.9. The number of nitrogens with one attached hydrogen (secondary N) is 1. The van der Waals surface area contributed by atoms with Crippen molar-refractivity contribution in [2.24, 2.45) is 0 Å². The summed E-state index contributed by atoms with van der Waals surface area (Å²) in [5.41, 5.74) is 0.479. The highest BCUT2D eigenvalue weighted by Gasteiger charge is 2.30. The maximum atomic E-state index is 12.7. The Labute approximate surface area is 163 Å². The van der Waals surface area contributed by atoms with E-state index in [4.69, 9.17) is 4.74 Å². The highest BCUT2D eigenvalue weighted by molar-refractivity contribution is 5.96. The van der Waals surface area contributed by atoms with Crippen LogP contribution in [0.3, 0.4) is 0 Å². The van der Waals surface area contributed by atoms with Crippen molar-refractivity contribution in [3.05, 3.63) is 78.0 Å². The first kappa shape index (κ1) is 20.1. The predicted octanol–water partition coefficient (Wildman–Crippen LogP) is 4.45. The van der Waals surface area contributed by atoms with Crippen LogP contribution < -0.4 is 5.32 Å². The first-order chi connectivity index (χ1) is 13.8. The molecule has 0 saturated carbocycles. The lowest BCUT2D eigenvalue weighted by Gasteiger charge is -2.09. The summed E-state index contributed by atoms with van der Waals surface area (Å²) in [4.78, 5) is 27.9. The Morgan fingerprint density at radius 2 is 1.83 bits per heavy atom. The molecule has 3 rings (SSSR count). The zero-order valence-corrected chi connectivity index (χ0v) is 14.9. The second kappa shape index (κ2) is 8.55. The summed E-state index contributed by atoms with van der Waals surface area (Å²) < 4.78 is 42.9. The van der Waals surface area contributed by atoms with Crippen molar-refractivity contribution in [2.45, 2.75) is 6.18 Å². The van der Waals surface area contributed by atoms with Gasteiger partial charge in [-0.2, -0.15) is 13.2 Å².